The van der Waals surface area contributed by atoms with Gasteiger partial charge in [0.25, 0.3) is 0 Å². The minimum atomic E-state index is -0.0340. The lowest BCUT2D eigenvalue weighted by Crippen LogP contribution is -2.19. The summed E-state index contributed by atoms with van der Waals surface area (Å²) in [5.74, 6) is 2.56. The van der Waals surface area contributed by atoms with Crippen LogP contribution in [0, 0.1) is 12.3 Å². The Balaban J connectivity index is 2.94. The number of rotatable bonds is 3. The molecule has 0 saturated heterocycles. The quantitative estimate of drug-likeness (QED) is 0.669. The van der Waals surface area contributed by atoms with E-state index in [2.05, 4.69) is 11.2 Å². The van der Waals surface area contributed by atoms with E-state index in [-0.39, 0.29) is 12.6 Å². The third-order valence-corrected chi connectivity index (χ3v) is 1.99. The van der Waals surface area contributed by atoms with Gasteiger partial charge in [0.05, 0.1) is 12.6 Å². The van der Waals surface area contributed by atoms with Crippen LogP contribution in [0.15, 0.2) is 24.3 Å². The molecule has 0 fully saturated rings. The van der Waals surface area contributed by atoms with Crippen molar-refractivity contribution >= 4 is 0 Å². The van der Waals surface area contributed by atoms with Crippen molar-refractivity contribution in [2.45, 2.75) is 6.04 Å². The number of hydrogen-bond donors (Lipinski definition) is 2. The number of benzene rings is 1. The second-order valence-corrected chi connectivity index (χ2v) is 2.79. The second-order valence-electron chi connectivity index (χ2n) is 2.79. The molecule has 2 N–H and O–H groups in total. The molecule has 0 unspecified atom stereocenters. The van der Waals surface area contributed by atoms with Crippen molar-refractivity contribution < 1.29 is 5.11 Å². The summed E-state index contributed by atoms with van der Waals surface area (Å²) in [5.41, 5.74) is 1.85. The molecule has 0 heterocycles. The van der Waals surface area contributed by atoms with Crippen LogP contribution in [0.2, 0.25) is 0 Å². The Morgan fingerprint density at radius 2 is 2.38 bits per heavy atom. The highest BCUT2D eigenvalue weighted by atomic mass is 16.3. The maximum atomic E-state index is 9.03. The maximum Gasteiger partial charge on any atom is 0.0626 e. The third kappa shape index (κ3) is 2.32. The molecule has 13 heavy (non-hydrogen) atoms. The van der Waals surface area contributed by atoms with Gasteiger partial charge >= 0.3 is 0 Å². The average Bonchev–Trinajstić information content (AvgIpc) is 2.20. The second kappa shape index (κ2) is 4.66. The van der Waals surface area contributed by atoms with Crippen LogP contribution in [0.25, 0.3) is 0 Å². The molecule has 0 radical (unpaired) electrons. The molecule has 0 spiro atoms. The predicted molar refractivity (Wildman–Crippen MR) is 53.3 cm³/mol. The van der Waals surface area contributed by atoms with Crippen LogP contribution < -0.4 is 5.32 Å². The van der Waals surface area contributed by atoms with Crippen molar-refractivity contribution in [3.63, 3.8) is 0 Å². The summed E-state index contributed by atoms with van der Waals surface area (Å²) >= 11 is 0. The van der Waals surface area contributed by atoms with Crippen LogP contribution >= 0.6 is 0 Å². The molecule has 0 saturated carbocycles. The molecule has 0 aromatic heterocycles. The number of terminal acetylenes is 1. The molecule has 0 aliphatic carbocycles. The fraction of sp³-hybridized carbons (Fsp3) is 0.273. The zero-order chi connectivity index (χ0) is 9.68. The SMILES string of the molecule is C#Cc1cccc([C@@H](CO)NC)c1. The lowest BCUT2D eigenvalue weighted by molar-refractivity contribution is 0.251. The number of hydrogen-bond acceptors (Lipinski definition) is 2. The number of aliphatic hydroxyl groups is 1. The highest BCUT2D eigenvalue weighted by Crippen LogP contribution is 2.12. The molecule has 0 aliphatic heterocycles. The molecule has 0 aliphatic rings. The number of nitrogens with one attached hydrogen (secondary N) is 1. The van der Waals surface area contributed by atoms with Gasteiger partial charge in [0.15, 0.2) is 0 Å². The summed E-state index contributed by atoms with van der Waals surface area (Å²) in [6.07, 6.45) is 5.27. The summed E-state index contributed by atoms with van der Waals surface area (Å²) in [6, 6.07) is 7.57. The van der Waals surface area contributed by atoms with Crippen LogP contribution in [0.1, 0.15) is 17.2 Å². The van der Waals surface area contributed by atoms with E-state index in [1.54, 1.807) is 0 Å². The van der Waals surface area contributed by atoms with Gasteiger partial charge in [-0.3, -0.25) is 0 Å². The molecule has 0 amide bonds. The lowest BCUT2D eigenvalue weighted by atomic mass is 10.1. The Bertz CT molecular complexity index is 310. The molecule has 2 heteroatoms. The fourth-order valence-electron chi connectivity index (χ4n) is 1.21. The molecule has 1 aromatic carbocycles. The predicted octanol–water partition coefficient (Wildman–Crippen LogP) is 0.921. The topological polar surface area (TPSA) is 32.3 Å². The van der Waals surface area contributed by atoms with Crippen molar-refractivity contribution in [2.24, 2.45) is 0 Å². The number of likely N-dealkylation sites (N-methyl/N-ethyl adjacent to an activating group) is 1. The Hall–Kier alpha value is -1.30. The minimum absolute atomic E-state index is 0.0340. The third-order valence-electron chi connectivity index (χ3n) is 1.99. The van der Waals surface area contributed by atoms with Gasteiger partial charge in [0, 0.05) is 5.56 Å². The van der Waals surface area contributed by atoms with Crippen molar-refractivity contribution in [3.05, 3.63) is 35.4 Å². The first-order valence-corrected chi connectivity index (χ1v) is 4.16. The molecular weight excluding hydrogens is 162 g/mol. The zero-order valence-corrected chi connectivity index (χ0v) is 7.62. The molecule has 1 rings (SSSR count). The van der Waals surface area contributed by atoms with Crippen LogP contribution in [-0.2, 0) is 0 Å². The van der Waals surface area contributed by atoms with E-state index in [0.717, 1.165) is 11.1 Å². The van der Waals surface area contributed by atoms with E-state index in [9.17, 15) is 0 Å². The van der Waals surface area contributed by atoms with Crippen molar-refractivity contribution in [1.29, 1.82) is 0 Å². The highest BCUT2D eigenvalue weighted by molar-refractivity contribution is 5.36. The molecular formula is C11H13NO. The fourth-order valence-corrected chi connectivity index (χ4v) is 1.21. The van der Waals surface area contributed by atoms with Crippen molar-refractivity contribution in [3.8, 4) is 12.3 Å². The first-order chi connectivity index (χ1) is 6.31. The van der Waals surface area contributed by atoms with Gasteiger partial charge < -0.3 is 10.4 Å². The van der Waals surface area contributed by atoms with E-state index in [0.29, 0.717) is 0 Å². The zero-order valence-electron chi connectivity index (χ0n) is 7.62. The normalized spacial score (nSPS) is 12.1. The maximum absolute atomic E-state index is 9.03. The summed E-state index contributed by atoms with van der Waals surface area (Å²) in [7, 11) is 1.81. The van der Waals surface area contributed by atoms with Gasteiger partial charge in [-0.25, -0.2) is 0 Å². The standard InChI is InChI=1S/C11H13NO/c1-3-9-5-4-6-10(7-9)11(8-13)12-2/h1,4-7,11-13H,8H2,2H3/t11-/m1/s1. The molecule has 0 bridgehead atoms. The van der Waals surface area contributed by atoms with Crippen LogP contribution in [0.3, 0.4) is 0 Å². The lowest BCUT2D eigenvalue weighted by Gasteiger charge is -2.13. The largest absolute Gasteiger partial charge is 0.394 e. The van der Waals surface area contributed by atoms with Gasteiger partial charge in [0.2, 0.25) is 0 Å². The Labute approximate surface area is 78.6 Å². The van der Waals surface area contributed by atoms with Crippen LogP contribution in [0.4, 0.5) is 0 Å². The van der Waals surface area contributed by atoms with Crippen LogP contribution in [-0.4, -0.2) is 18.8 Å². The first kappa shape index (κ1) is 9.79. The average molecular weight is 175 g/mol. The van der Waals surface area contributed by atoms with Crippen molar-refractivity contribution in [2.75, 3.05) is 13.7 Å². The Morgan fingerprint density at radius 3 is 2.92 bits per heavy atom. The Kier molecular flexibility index (Phi) is 3.51. The van der Waals surface area contributed by atoms with Gasteiger partial charge in [0.1, 0.15) is 0 Å². The highest BCUT2D eigenvalue weighted by Gasteiger charge is 2.06. The smallest absolute Gasteiger partial charge is 0.0626 e. The van der Waals surface area contributed by atoms with Crippen molar-refractivity contribution in [1.82, 2.24) is 5.32 Å². The summed E-state index contributed by atoms with van der Waals surface area (Å²) in [5, 5.41) is 12.0. The van der Waals surface area contributed by atoms with Gasteiger partial charge in [-0.05, 0) is 24.7 Å². The van der Waals surface area contributed by atoms with Gasteiger partial charge in [-0.1, -0.05) is 18.1 Å². The van der Waals surface area contributed by atoms with Gasteiger partial charge in [-0.2, -0.15) is 0 Å². The van der Waals surface area contributed by atoms with E-state index >= 15 is 0 Å². The molecule has 1 aromatic rings. The van der Waals surface area contributed by atoms with E-state index in [1.807, 2.05) is 31.3 Å². The van der Waals surface area contributed by atoms with E-state index in [4.69, 9.17) is 11.5 Å². The summed E-state index contributed by atoms with van der Waals surface area (Å²) < 4.78 is 0. The molecule has 1 atom stereocenters. The monoisotopic (exact) mass is 175 g/mol. The minimum Gasteiger partial charge on any atom is -0.394 e. The molecule has 2 nitrogen and oxygen atoms in total. The molecule has 68 valence electrons. The first-order valence-electron chi connectivity index (χ1n) is 4.16. The summed E-state index contributed by atoms with van der Waals surface area (Å²) in [4.78, 5) is 0. The summed E-state index contributed by atoms with van der Waals surface area (Å²) in [6.45, 7) is 0.0739. The van der Waals surface area contributed by atoms with E-state index in [1.165, 1.54) is 0 Å². The van der Waals surface area contributed by atoms with Crippen LogP contribution in [0.5, 0.6) is 0 Å². The van der Waals surface area contributed by atoms with Gasteiger partial charge in [-0.15, -0.1) is 6.42 Å². The number of aliphatic hydroxyl groups excluding tert-OH is 1. The van der Waals surface area contributed by atoms with E-state index < -0.39 is 0 Å². The Morgan fingerprint density at radius 1 is 1.62 bits per heavy atom.